The van der Waals surface area contributed by atoms with Crippen molar-refractivity contribution in [3.05, 3.63) is 41.3 Å². The van der Waals surface area contributed by atoms with Crippen LogP contribution in [0.3, 0.4) is 0 Å². The number of aromatic nitrogens is 1. The van der Waals surface area contributed by atoms with Crippen LogP contribution in [0.1, 0.15) is 23.4 Å². The fourth-order valence-electron chi connectivity index (χ4n) is 2.55. The number of alkyl halides is 2. The molecule has 1 aromatic heterocycles. The molecule has 23 heavy (non-hydrogen) atoms. The summed E-state index contributed by atoms with van der Waals surface area (Å²) in [6.45, 7) is 0. The van der Waals surface area contributed by atoms with Gasteiger partial charge in [0.15, 0.2) is 12.3 Å². The summed E-state index contributed by atoms with van der Waals surface area (Å²) in [6.07, 6.45) is -2.70. The average molecular weight is 342 g/mol. The van der Waals surface area contributed by atoms with Gasteiger partial charge in [-0.15, -0.1) is 11.8 Å². The number of halogens is 3. The molecule has 1 aliphatic carbocycles. The fraction of sp³-hybridized carbons (Fsp3) is 0.267. The highest BCUT2D eigenvalue weighted by molar-refractivity contribution is 7.98. The van der Waals surface area contributed by atoms with Crippen molar-refractivity contribution in [1.82, 2.24) is 4.98 Å². The van der Waals surface area contributed by atoms with Crippen molar-refractivity contribution < 1.29 is 23.0 Å². The third kappa shape index (κ3) is 2.72. The number of thioether (sulfide) groups is 1. The molecular formula is C15H13F3N2O2S. The van der Waals surface area contributed by atoms with Gasteiger partial charge in [0.05, 0.1) is 5.56 Å². The highest BCUT2D eigenvalue weighted by Gasteiger charge is 2.45. The Labute approximate surface area is 134 Å². The number of pyridine rings is 1. The number of nitrogens with two attached hydrogens (primary N) is 1. The fourth-order valence-corrected chi connectivity index (χ4v) is 3.16. The highest BCUT2D eigenvalue weighted by Crippen LogP contribution is 2.50. The Morgan fingerprint density at radius 2 is 2.00 bits per heavy atom. The van der Waals surface area contributed by atoms with E-state index in [-0.39, 0.29) is 28.4 Å². The minimum absolute atomic E-state index is 0.0121. The van der Waals surface area contributed by atoms with Gasteiger partial charge in [0.1, 0.15) is 17.7 Å². The van der Waals surface area contributed by atoms with Crippen LogP contribution in [0.5, 0.6) is 11.6 Å². The Morgan fingerprint density at radius 1 is 1.26 bits per heavy atom. The van der Waals surface area contributed by atoms with Gasteiger partial charge in [-0.25, -0.2) is 18.2 Å². The predicted octanol–water partition coefficient (Wildman–Crippen LogP) is 3.71. The number of rotatable bonds is 3. The Kier molecular flexibility index (Phi) is 4.11. The van der Waals surface area contributed by atoms with E-state index in [9.17, 15) is 18.3 Å². The second kappa shape index (κ2) is 5.93. The van der Waals surface area contributed by atoms with E-state index in [0.717, 1.165) is 12.1 Å². The van der Waals surface area contributed by atoms with E-state index >= 15 is 0 Å². The molecule has 2 aromatic rings. The highest BCUT2D eigenvalue weighted by atomic mass is 32.2. The molecule has 0 amide bonds. The van der Waals surface area contributed by atoms with Crippen molar-refractivity contribution in [1.29, 1.82) is 0 Å². The van der Waals surface area contributed by atoms with Crippen molar-refractivity contribution in [3.8, 4) is 11.6 Å². The third-order valence-corrected chi connectivity index (χ3v) is 4.33. The molecule has 3 atom stereocenters. The number of aliphatic hydroxyl groups is 1. The molecule has 4 nitrogen and oxygen atoms in total. The van der Waals surface area contributed by atoms with Gasteiger partial charge in [-0.05, 0) is 12.3 Å². The van der Waals surface area contributed by atoms with Crippen molar-refractivity contribution in [2.75, 3.05) is 12.0 Å². The molecule has 3 rings (SSSR count). The van der Waals surface area contributed by atoms with Gasteiger partial charge in [-0.2, -0.15) is 0 Å². The Bertz CT molecular complexity index is 739. The lowest BCUT2D eigenvalue weighted by Gasteiger charge is -2.13. The number of hydrogen-bond donors (Lipinski definition) is 2. The summed E-state index contributed by atoms with van der Waals surface area (Å²) in [5.74, 6) is -0.829. The van der Waals surface area contributed by atoms with Gasteiger partial charge < -0.3 is 15.6 Å². The molecule has 0 spiro atoms. The molecule has 0 radical (unpaired) electrons. The van der Waals surface area contributed by atoms with E-state index in [1.807, 2.05) is 0 Å². The lowest BCUT2D eigenvalue weighted by Crippen LogP contribution is -2.09. The van der Waals surface area contributed by atoms with Crippen molar-refractivity contribution in [2.45, 2.75) is 23.3 Å². The number of ether oxygens (including phenoxy) is 1. The number of nitrogens with zero attached hydrogens (tertiary/aromatic N) is 1. The minimum atomic E-state index is -2.10. The van der Waals surface area contributed by atoms with E-state index in [4.69, 9.17) is 10.5 Å². The zero-order chi connectivity index (χ0) is 16.7. The maximum atomic E-state index is 14.2. The van der Waals surface area contributed by atoms with Crippen LogP contribution in [-0.4, -0.2) is 22.5 Å². The van der Waals surface area contributed by atoms with Crippen LogP contribution in [0, 0.1) is 5.82 Å². The summed E-state index contributed by atoms with van der Waals surface area (Å²) < 4.78 is 46.9. The van der Waals surface area contributed by atoms with E-state index in [1.54, 1.807) is 6.26 Å². The minimum Gasteiger partial charge on any atom is -0.438 e. The van der Waals surface area contributed by atoms with E-state index in [1.165, 1.54) is 24.0 Å². The first-order valence-corrected chi connectivity index (χ1v) is 7.91. The van der Waals surface area contributed by atoms with Crippen molar-refractivity contribution in [2.24, 2.45) is 0 Å². The quantitative estimate of drug-likeness (QED) is 0.657. The third-order valence-electron chi connectivity index (χ3n) is 3.57. The van der Waals surface area contributed by atoms with Crippen molar-refractivity contribution >= 4 is 17.4 Å². The summed E-state index contributed by atoms with van der Waals surface area (Å²) in [5.41, 5.74) is 5.61. The summed E-state index contributed by atoms with van der Waals surface area (Å²) in [4.78, 5) is 4.43. The topological polar surface area (TPSA) is 68.4 Å². The second-order valence-electron chi connectivity index (χ2n) is 5.07. The monoisotopic (exact) mass is 342 g/mol. The summed E-state index contributed by atoms with van der Waals surface area (Å²) >= 11 is 1.21. The van der Waals surface area contributed by atoms with E-state index in [0.29, 0.717) is 4.90 Å². The van der Waals surface area contributed by atoms with Gasteiger partial charge in [0, 0.05) is 34.5 Å². The van der Waals surface area contributed by atoms with Crippen LogP contribution >= 0.6 is 11.8 Å². The van der Waals surface area contributed by atoms with Gasteiger partial charge in [-0.3, -0.25) is 0 Å². The number of benzene rings is 1. The van der Waals surface area contributed by atoms with Crippen LogP contribution < -0.4 is 10.5 Å². The molecule has 0 saturated carbocycles. The first-order chi connectivity index (χ1) is 10.9. The van der Waals surface area contributed by atoms with Gasteiger partial charge in [0.25, 0.3) is 0 Å². The number of nitrogen functional groups attached to an aromatic ring is 1. The lowest BCUT2D eigenvalue weighted by molar-refractivity contribution is 0.0455. The van der Waals surface area contributed by atoms with Crippen molar-refractivity contribution in [3.63, 3.8) is 0 Å². The summed E-state index contributed by atoms with van der Waals surface area (Å²) in [7, 11) is 0. The maximum absolute atomic E-state index is 14.2. The zero-order valence-corrected chi connectivity index (χ0v) is 12.8. The first-order valence-electron chi connectivity index (χ1n) is 6.69. The zero-order valence-electron chi connectivity index (χ0n) is 12.0. The molecule has 0 bridgehead atoms. The summed E-state index contributed by atoms with van der Waals surface area (Å²) in [6, 6.07) is 3.49. The molecule has 1 aromatic carbocycles. The van der Waals surface area contributed by atoms with E-state index in [2.05, 4.69) is 4.98 Å². The summed E-state index contributed by atoms with van der Waals surface area (Å²) in [5, 5.41) is 9.92. The number of aliphatic hydroxyl groups excluding tert-OH is 1. The molecule has 1 heterocycles. The van der Waals surface area contributed by atoms with Gasteiger partial charge in [-0.1, -0.05) is 0 Å². The van der Waals surface area contributed by atoms with E-state index < -0.39 is 24.3 Å². The molecular weight excluding hydrogens is 329 g/mol. The van der Waals surface area contributed by atoms with Crippen LogP contribution in [0.2, 0.25) is 0 Å². The normalized spacial score (nSPS) is 22.9. The van der Waals surface area contributed by atoms with Crippen LogP contribution in [-0.2, 0) is 0 Å². The van der Waals surface area contributed by atoms with Crippen LogP contribution in [0.25, 0.3) is 0 Å². The SMILES string of the molecule is CSc1cnc(Oc2cc(N)cc(F)c2)c2c1[C@H](O)[C@H](F)[C@@H]2F. The molecule has 0 unspecified atom stereocenters. The van der Waals surface area contributed by atoms with Gasteiger partial charge >= 0.3 is 0 Å². The molecule has 8 heteroatoms. The number of anilines is 1. The van der Waals surface area contributed by atoms with Crippen LogP contribution in [0.15, 0.2) is 29.3 Å². The molecule has 3 N–H and O–H groups in total. The Balaban J connectivity index is 2.08. The molecule has 0 saturated heterocycles. The first kappa shape index (κ1) is 15.9. The molecule has 122 valence electrons. The smallest absolute Gasteiger partial charge is 0.225 e. The van der Waals surface area contributed by atoms with Crippen LogP contribution in [0.4, 0.5) is 18.9 Å². The molecule has 0 aliphatic heterocycles. The largest absolute Gasteiger partial charge is 0.438 e. The number of fused-ring (bicyclic) bond motifs is 1. The lowest BCUT2D eigenvalue weighted by atomic mass is 10.1. The van der Waals surface area contributed by atoms with Gasteiger partial charge in [0.2, 0.25) is 5.88 Å². The second-order valence-corrected chi connectivity index (χ2v) is 5.92. The molecule has 1 aliphatic rings. The number of hydrogen-bond acceptors (Lipinski definition) is 5. The average Bonchev–Trinajstić information content (AvgIpc) is 2.72. The Morgan fingerprint density at radius 3 is 2.65 bits per heavy atom. The Hall–Kier alpha value is -1.93. The molecule has 0 fully saturated rings. The predicted molar refractivity (Wildman–Crippen MR) is 80.6 cm³/mol. The standard InChI is InChI=1S/C15H13F3N2O2S/c1-23-9-5-20-15(11-10(9)14(21)13(18)12(11)17)22-8-3-6(16)2-7(19)4-8/h2-5,12-14,21H,19H2,1H3/t12-,13-,14+/m1/s1. The maximum Gasteiger partial charge on any atom is 0.225 e.